The zero-order chi connectivity index (χ0) is 19.1. The van der Waals surface area contributed by atoms with Gasteiger partial charge >= 0.3 is 11.9 Å². The summed E-state index contributed by atoms with van der Waals surface area (Å²) >= 11 is 5.82. The number of carbonyl (C=O) groups is 2. The third kappa shape index (κ3) is 5.19. The number of benzene rings is 3. The Morgan fingerprint density at radius 3 is 2.19 bits per heavy atom. The molecule has 3 aromatic rings. The van der Waals surface area contributed by atoms with Crippen molar-refractivity contribution in [2.75, 3.05) is 6.61 Å². The topological polar surface area (TPSA) is 52.6 Å². The smallest absolute Gasteiger partial charge is 0.343 e. The van der Waals surface area contributed by atoms with Crippen LogP contribution in [0.1, 0.15) is 26.3 Å². The Morgan fingerprint density at radius 2 is 1.44 bits per heavy atom. The summed E-state index contributed by atoms with van der Waals surface area (Å²) in [6.07, 6.45) is 0.610. The van der Waals surface area contributed by atoms with E-state index < -0.39 is 11.9 Å². The summed E-state index contributed by atoms with van der Waals surface area (Å²) in [5.41, 5.74) is 1.62. The summed E-state index contributed by atoms with van der Waals surface area (Å²) in [4.78, 5) is 24.7. The third-order valence-electron chi connectivity index (χ3n) is 3.86. The molecule has 136 valence electrons. The van der Waals surface area contributed by atoms with Gasteiger partial charge in [0.05, 0.1) is 12.2 Å². The Balaban J connectivity index is 1.65. The van der Waals surface area contributed by atoms with Crippen LogP contribution >= 0.6 is 11.6 Å². The molecule has 0 aliphatic rings. The van der Waals surface area contributed by atoms with E-state index in [0.717, 1.165) is 5.56 Å². The number of carbonyl (C=O) groups excluding carboxylic acids is 2. The van der Waals surface area contributed by atoms with Crippen molar-refractivity contribution < 1.29 is 19.1 Å². The number of para-hydroxylation sites is 1. The second-order valence-corrected chi connectivity index (χ2v) is 6.20. The van der Waals surface area contributed by atoms with Crippen molar-refractivity contribution in [1.29, 1.82) is 0 Å². The van der Waals surface area contributed by atoms with E-state index in [4.69, 9.17) is 21.1 Å². The van der Waals surface area contributed by atoms with Crippen molar-refractivity contribution in [3.8, 4) is 5.75 Å². The average molecular weight is 381 g/mol. The number of halogens is 1. The molecule has 0 N–H and O–H groups in total. The molecule has 0 aromatic heterocycles. The molecule has 0 saturated heterocycles. The van der Waals surface area contributed by atoms with Crippen molar-refractivity contribution in [2.24, 2.45) is 0 Å². The molecule has 0 fully saturated rings. The van der Waals surface area contributed by atoms with Crippen LogP contribution in [0.4, 0.5) is 0 Å². The minimum atomic E-state index is -0.573. The fourth-order valence-electron chi connectivity index (χ4n) is 2.45. The number of hydrogen-bond acceptors (Lipinski definition) is 4. The molecule has 27 heavy (non-hydrogen) atoms. The first-order valence-corrected chi connectivity index (χ1v) is 8.79. The van der Waals surface area contributed by atoms with E-state index in [2.05, 4.69) is 0 Å². The summed E-state index contributed by atoms with van der Waals surface area (Å²) in [6.45, 7) is 0.238. The van der Waals surface area contributed by atoms with E-state index in [1.165, 1.54) is 0 Å². The van der Waals surface area contributed by atoms with E-state index in [1.54, 1.807) is 48.5 Å². The van der Waals surface area contributed by atoms with Crippen molar-refractivity contribution in [1.82, 2.24) is 0 Å². The number of rotatable bonds is 6. The molecule has 0 radical (unpaired) electrons. The van der Waals surface area contributed by atoms with E-state index in [0.29, 0.717) is 17.0 Å². The normalized spacial score (nSPS) is 10.3. The SMILES string of the molecule is O=C(Oc1ccccc1C(=O)OCCc1ccccc1)c1ccc(Cl)cc1. The van der Waals surface area contributed by atoms with E-state index >= 15 is 0 Å². The molecule has 0 saturated carbocycles. The van der Waals surface area contributed by atoms with Crippen molar-refractivity contribution >= 4 is 23.5 Å². The average Bonchev–Trinajstić information content (AvgIpc) is 2.69. The summed E-state index contributed by atoms with van der Waals surface area (Å²) in [6, 6.07) is 22.5. The van der Waals surface area contributed by atoms with Gasteiger partial charge in [0.1, 0.15) is 11.3 Å². The fourth-order valence-corrected chi connectivity index (χ4v) is 2.58. The van der Waals surface area contributed by atoms with Gasteiger partial charge in [0.15, 0.2) is 0 Å². The molecule has 0 heterocycles. The summed E-state index contributed by atoms with van der Waals surface area (Å²) in [5, 5.41) is 0.522. The third-order valence-corrected chi connectivity index (χ3v) is 4.11. The lowest BCUT2D eigenvalue weighted by Crippen LogP contribution is -2.14. The second-order valence-electron chi connectivity index (χ2n) is 5.76. The van der Waals surface area contributed by atoms with Gasteiger partial charge in [-0.3, -0.25) is 0 Å². The van der Waals surface area contributed by atoms with Crippen LogP contribution in [0.5, 0.6) is 5.75 Å². The maximum atomic E-state index is 12.4. The molecule has 0 aliphatic heterocycles. The van der Waals surface area contributed by atoms with Gasteiger partial charge in [0.2, 0.25) is 0 Å². The minimum absolute atomic E-state index is 0.155. The number of esters is 2. The van der Waals surface area contributed by atoms with Gasteiger partial charge in [0.25, 0.3) is 0 Å². The van der Waals surface area contributed by atoms with Gasteiger partial charge in [-0.25, -0.2) is 9.59 Å². The van der Waals surface area contributed by atoms with Gasteiger partial charge in [-0.2, -0.15) is 0 Å². The molecular formula is C22H17ClO4. The van der Waals surface area contributed by atoms with Crippen molar-refractivity contribution in [3.63, 3.8) is 0 Å². The second kappa shape index (κ2) is 9.01. The molecule has 0 bridgehead atoms. The fraction of sp³-hybridized carbons (Fsp3) is 0.0909. The lowest BCUT2D eigenvalue weighted by molar-refractivity contribution is 0.0504. The lowest BCUT2D eigenvalue weighted by atomic mass is 10.1. The molecule has 4 nitrogen and oxygen atoms in total. The minimum Gasteiger partial charge on any atom is -0.462 e. The molecule has 0 aliphatic carbocycles. The van der Waals surface area contributed by atoms with Crippen LogP contribution in [0, 0.1) is 0 Å². The van der Waals surface area contributed by atoms with Crippen LogP contribution in [0.3, 0.4) is 0 Å². The highest BCUT2D eigenvalue weighted by molar-refractivity contribution is 6.30. The Morgan fingerprint density at radius 1 is 0.778 bits per heavy atom. The van der Waals surface area contributed by atoms with Crippen LogP contribution in [-0.2, 0) is 11.2 Å². The van der Waals surface area contributed by atoms with E-state index in [1.807, 2.05) is 30.3 Å². The van der Waals surface area contributed by atoms with Crippen LogP contribution in [0.15, 0.2) is 78.9 Å². The molecule has 0 spiro atoms. The van der Waals surface area contributed by atoms with Gasteiger partial charge in [-0.05, 0) is 42.0 Å². The maximum Gasteiger partial charge on any atom is 0.343 e. The van der Waals surface area contributed by atoms with Gasteiger partial charge in [0, 0.05) is 11.4 Å². The molecule has 3 aromatic carbocycles. The van der Waals surface area contributed by atoms with Gasteiger partial charge in [-0.1, -0.05) is 54.1 Å². The van der Waals surface area contributed by atoms with Crippen molar-refractivity contribution in [3.05, 3.63) is 101 Å². The van der Waals surface area contributed by atoms with Crippen LogP contribution in [0.2, 0.25) is 5.02 Å². The largest absolute Gasteiger partial charge is 0.462 e. The molecule has 3 rings (SSSR count). The predicted molar refractivity (Wildman–Crippen MR) is 103 cm³/mol. The van der Waals surface area contributed by atoms with E-state index in [-0.39, 0.29) is 17.9 Å². The van der Waals surface area contributed by atoms with Crippen molar-refractivity contribution in [2.45, 2.75) is 6.42 Å². The van der Waals surface area contributed by atoms with Crippen LogP contribution in [0.25, 0.3) is 0 Å². The number of hydrogen-bond donors (Lipinski definition) is 0. The Hall–Kier alpha value is -3.11. The Labute approximate surface area is 162 Å². The highest BCUT2D eigenvalue weighted by Gasteiger charge is 2.17. The highest BCUT2D eigenvalue weighted by atomic mass is 35.5. The molecule has 5 heteroatoms. The molecule has 0 amide bonds. The first-order chi connectivity index (χ1) is 13.1. The molecular weight excluding hydrogens is 364 g/mol. The maximum absolute atomic E-state index is 12.4. The Kier molecular flexibility index (Phi) is 6.23. The first kappa shape index (κ1) is 18.7. The first-order valence-electron chi connectivity index (χ1n) is 8.41. The zero-order valence-corrected chi connectivity index (χ0v) is 15.2. The zero-order valence-electron chi connectivity index (χ0n) is 14.4. The summed E-state index contributed by atoms with van der Waals surface area (Å²) < 4.78 is 10.7. The van der Waals surface area contributed by atoms with Gasteiger partial charge in [-0.15, -0.1) is 0 Å². The summed E-state index contributed by atoms with van der Waals surface area (Å²) in [5.74, 6) is -0.955. The quantitative estimate of drug-likeness (QED) is 0.448. The molecule has 0 unspecified atom stereocenters. The Bertz CT molecular complexity index is 921. The highest BCUT2D eigenvalue weighted by Crippen LogP contribution is 2.21. The monoisotopic (exact) mass is 380 g/mol. The van der Waals surface area contributed by atoms with E-state index in [9.17, 15) is 9.59 Å². The lowest BCUT2D eigenvalue weighted by Gasteiger charge is -2.10. The predicted octanol–water partition coefficient (Wildman–Crippen LogP) is 4.96. The van der Waals surface area contributed by atoms with Crippen LogP contribution in [-0.4, -0.2) is 18.5 Å². The number of ether oxygens (including phenoxy) is 2. The molecule has 0 atom stereocenters. The standard InChI is InChI=1S/C22H17ClO4/c23-18-12-10-17(11-13-18)21(24)27-20-9-5-4-8-19(20)22(25)26-15-14-16-6-2-1-3-7-16/h1-13H,14-15H2. The van der Waals surface area contributed by atoms with Crippen LogP contribution < -0.4 is 4.74 Å². The summed E-state index contributed by atoms with van der Waals surface area (Å²) in [7, 11) is 0. The van der Waals surface area contributed by atoms with Gasteiger partial charge < -0.3 is 9.47 Å².